The number of nitrogens with zero attached hydrogens (tertiary/aromatic N) is 2. The summed E-state index contributed by atoms with van der Waals surface area (Å²) in [6.07, 6.45) is 8.37. The van der Waals surface area contributed by atoms with E-state index in [2.05, 4.69) is 19.2 Å². The molecule has 1 unspecified atom stereocenters. The van der Waals surface area contributed by atoms with Crippen molar-refractivity contribution in [3.8, 4) is 0 Å². The van der Waals surface area contributed by atoms with Crippen molar-refractivity contribution in [1.29, 1.82) is 0 Å². The Bertz CT molecular complexity index is 381. The fourth-order valence-corrected chi connectivity index (χ4v) is 2.09. The molecule has 1 aromatic rings. The predicted octanol–water partition coefficient (Wildman–Crippen LogP) is 2.23. The van der Waals surface area contributed by atoms with Crippen LogP contribution in [-0.4, -0.2) is 21.7 Å². The van der Waals surface area contributed by atoms with Crippen LogP contribution in [-0.2, 0) is 13.1 Å². The molecule has 0 aliphatic carbocycles. The highest BCUT2D eigenvalue weighted by Gasteiger charge is 2.03. The first kappa shape index (κ1) is 15.0. The number of hydrogen-bond acceptors (Lipinski definition) is 2. The predicted molar refractivity (Wildman–Crippen MR) is 76.0 cm³/mol. The van der Waals surface area contributed by atoms with E-state index in [1.807, 2.05) is 23.9 Å². The Hall–Kier alpha value is -1.03. The molecule has 0 fully saturated rings. The van der Waals surface area contributed by atoms with Crippen molar-refractivity contribution in [2.75, 3.05) is 6.54 Å². The molecule has 0 aliphatic heterocycles. The Labute approximate surface area is 110 Å². The Balaban J connectivity index is 2.21. The third kappa shape index (κ3) is 4.69. The van der Waals surface area contributed by atoms with Gasteiger partial charge in [0.25, 0.3) is 0 Å². The van der Waals surface area contributed by atoms with Crippen LogP contribution in [0.4, 0.5) is 0 Å². The van der Waals surface area contributed by atoms with Crippen LogP contribution in [0.25, 0.3) is 0 Å². The van der Waals surface area contributed by atoms with E-state index in [9.17, 15) is 4.79 Å². The van der Waals surface area contributed by atoms with Gasteiger partial charge in [0.05, 0.1) is 0 Å². The van der Waals surface area contributed by atoms with Crippen molar-refractivity contribution >= 4 is 0 Å². The van der Waals surface area contributed by atoms with Crippen molar-refractivity contribution in [2.24, 2.45) is 0 Å². The number of rotatable bonds is 9. The maximum atomic E-state index is 11.8. The first-order valence-electron chi connectivity index (χ1n) is 7.18. The van der Waals surface area contributed by atoms with Crippen LogP contribution >= 0.6 is 0 Å². The lowest BCUT2D eigenvalue weighted by molar-refractivity contribution is 0.472. The number of nitrogens with one attached hydrogen (secondary N) is 1. The summed E-state index contributed by atoms with van der Waals surface area (Å²) in [6, 6.07) is 0.585. The van der Waals surface area contributed by atoms with E-state index in [0.29, 0.717) is 6.04 Å². The van der Waals surface area contributed by atoms with Crippen molar-refractivity contribution in [3.05, 3.63) is 22.9 Å². The van der Waals surface area contributed by atoms with E-state index in [4.69, 9.17) is 0 Å². The highest BCUT2D eigenvalue weighted by Crippen LogP contribution is 2.02. The molecule has 1 N–H and O–H groups in total. The molecule has 104 valence electrons. The van der Waals surface area contributed by atoms with Crippen LogP contribution in [0, 0.1) is 0 Å². The lowest BCUT2D eigenvalue weighted by Crippen LogP contribution is -2.27. The molecule has 4 nitrogen and oxygen atoms in total. The van der Waals surface area contributed by atoms with E-state index < -0.39 is 0 Å². The van der Waals surface area contributed by atoms with Crippen LogP contribution in [0.3, 0.4) is 0 Å². The van der Waals surface area contributed by atoms with Crippen molar-refractivity contribution < 1.29 is 0 Å². The zero-order valence-electron chi connectivity index (χ0n) is 12.0. The van der Waals surface area contributed by atoms with Gasteiger partial charge >= 0.3 is 5.69 Å². The highest BCUT2D eigenvalue weighted by atomic mass is 16.1. The zero-order chi connectivity index (χ0) is 13.4. The van der Waals surface area contributed by atoms with Gasteiger partial charge in [-0.3, -0.25) is 9.13 Å². The number of imidazole rings is 1. The Kier molecular flexibility index (Phi) is 6.80. The minimum atomic E-state index is 0.120. The summed E-state index contributed by atoms with van der Waals surface area (Å²) in [5.41, 5.74) is 0.120. The van der Waals surface area contributed by atoms with Gasteiger partial charge in [0.1, 0.15) is 0 Å². The molecule has 0 aliphatic rings. The third-order valence-corrected chi connectivity index (χ3v) is 3.29. The van der Waals surface area contributed by atoms with E-state index >= 15 is 0 Å². The molecule has 4 heteroatoms. The van der Waals surface area contributed by atoms with Gasteiger partial charge in [0, 0.05) is 31.5 Å². The summed E-state index contributed by atoms with van der Waals surface area (Å²) in [6.45, 7) is 9.10. The molecule has 0 bridgehead atoms. The SMILES string of the molecule is CCCNC(C)CCCCn1ccn(CC)c1=O. The molecule has 1 aromatic heterocycles. The zero-order valence-corrected chi connectivity index (χ0v) is 12.0. The first-order chi connectivity index (χ1) is 8.69. The second-order valence-corrected chi connectivity index (χ2v) is 4.91. The second-order valence-electron chi connectivity index (χ2n) is 4.91. The van der Waals surface area contributed by atoms with Crippen molar-refractivity contribution in [3.63, 3.8) is 0 Å². The maximum Gasteiger partial charge on any atom is 0.328 e. The van der Waals surface area contributed by atoms with Gasteiger partial charge in [-0.25, -0.2) is 4.79 Å². The third-order valence-electron chi connectivity index (χ3n) is 3.29. The molecule has 0 spiro atoms. The smallest absolute Gasteiger partial charge is 0.314 e. The molecule has 0 aromatic carbocycles. The summed E-state index contributed by atoms with van der Waals surface area (Å²) >= 11 is 0. The summed E-state index contributed by atoms with van der Waals surface area (Å²) in [7, 11) is 0. The summed E-state index contributed by atoms with van der Waals surface area (Å²) in [4.78, 5) is 11.8. The quantitative estimate of drug-likeness (QED) is 0.685. The van der Waals surface area contributed by atoms with Crippen LogP contribution in [0.1, 0.15) is 46.5 Å². The van der Waals surface area contributed by atoms with Gasteiger partial charge in [-0.05, 0) is 39.7 Å². The van der Waals surface area contributed by atoms with Crippen LogP contribution in [0.15, 0.2) is 17.2 Å². The number of unbranched alkanes of at least 4 members (excludes halogenated alkanes) is 1. The normalized spacial score (nSPS) is 12.8. The molecule has 0 amide bonds. The minimum absolute atomic E-state index is 0.120. The average molecular weight is 253 g/mol. The maximum absolute atomic E-state index is 11.8. The van der Waals surface area contributed by atoms with Gasteiger partial charge < -0.3 is 5.32 Å². The topological polar surface area (TPSA) is 39.0 Å². The van der Waals surface area contributed by atoms with Gasteiger partial charge in [-0.1, -0.05) is 13.3 Å². The fraction of sp³-hybridized carbons (Fsp3) is 0.786. The monoisotopic (exact) mass is 253 g/mol. The molecule has 0 saturated carbocycles. The van der Waals surface area contributed by atoms with Gasteiger partial charge in [0.15, 0.2) is 0 Å². The molecular weight excluding hydrogens is 226 g/mol. The molecule has 1 rings (SSSR count). The molecular formula is C14H27N3O. The molecule has 18 heavy (non-hydrogen) atoms. The van der Waals surface area contributed by atoms with E-state index in [-0.39, 0.29) is 5.69 Å². The van der Waals surface area contributed by atoms with Gasteiger partial charge in [-0.2, -0.15) is 0 Å². The average Bonchev–Trinajstić information content (AvgIpc) is 2.73. The fourth-order valence-electron chi connectivity index (χ4n) is 2.09. The number of aromatic nitrogens is 2. The molecule has 1 atom stereocenters. The standard InChI is InChI=1S/C14H27N3O/c1-4-9-15-13(3)8-6-7-10-17-12-11-16(5-2)14(17)18/h11-13,15H,4-10H2,1-3H3. The van der Waals surface area contributed by atoms with Crippen LogP contribution in [0.2, 0.25) is 0 Å². The summed E-state index contributed by atoms with van der Waals surface area (Å²) < 4.78 is 3.55. The second kappa shape index (κ2) is 8.14. The Morgan fingerprint density at radius 2 is 1.94 bits per heavy atom. The minimum Gasteiger partial charge on any atom is -0.314 e. The van der Waals surface area contributed by atoms with Crippen molar-refractivity contribution in [1.82, 2.24) is 14.5 Å². The lowest BCUT2D eigenvalue weighted by Gasteiger charge is -2.12. The van der Waals surface area contributed by atoms with Crippen LogP contribution < -0.4 is 11.0 Å². The summed E-state index contributed by atoms with van der Waals surface area (Å²) in [5.74, 6) is 0. The van der Waals surface area contributed by atoms with Gasteiger partial charge in [0.2, 0.25) is 0 Å². The lowest BCUT2D eigenvalue weighted by atomic mass is 10.1. The van der Waals surface area contributed by atoms with E-state index in [1.54, 1.807) is 4.57 Å². The largest absolute Gasteiger partial charge is 0.328 e. The van der Waals surface area contributed by atoms with Crippen molar-refractivity contribution in [2.45, 2.75) is 65.6 Å². The summed E-state index contributed by atoms with van der Waals surface area (Å²) in [5, 5.41) is 3.48. The molecule has 1 heterocycles. The number of hydrogen-bond donors (Lipinski definition) is 1. The number of aryl methyl sites for hydroxylation is 2. The molecule has 0 radical (unpaired) electrons. The Morgan fingerprint density at radius 1 is 1.22 bits per heavy atom. The highest BCUT2D eigenvalue weighted by molar-refractivity contribution is 4.80. The van der Waals surface area contributed by atoms with Crippen LogP contribution in [0.5, 0.6) is 0 Å². The first-order valence-corrected chi connectivity index (χ1v) is 7.18. The van der Waals surface area contributed by atoms with E-state index in [0.717, 1.165) is 26.1 Å². The molecule has 0 saturated heterocycles. The van der Waals surface area contributed by atoms with Gasteiger partial charge in [-0.15, -0.1) is 0 Å². The van der Waals surface area contributed by atoms with E-state index in [1.165, 1.54) is 19.3 Å². The Morgan fingerprint density at radius 3 is 2.56 bits per heavy atom.